The van der Waals surface area contributed by atoms with Crippen LogP contribution in [0.15, 0.2) is 8.42 Å². The molecule has 2 atom stereocenters. The van der Waals surface area contributed by atoms with Gasteiger partial charge in [0.2, 0.25) is 5.91 Å². The zero-order chi connectivity index (χ0) is 16.6. The van der Waals surface area contributed by atoms with Crippen molar-refractivity contribution in [2.45, 2.75) is 40.6 Å². The maximum absolute atomic E-state index is 11.4. The summed E-state index contributed by atoms with van der Waals surface area (Å²) in [6, 6.07) is -0.970. The van der Waals surface area contributed by atoms with Crippen molar-refractivity contribution in [3.05, 3.63) is 5.56 Å². The summed E-state index contributed by atoms with van der Waals surface area (Å²) >= 11 is -2.23. The first-order valence-corrected chi connectivity index (χ1v) is 9.07. The molecule has 0 amide bonds. The molecule has 0 aromatic carbocycles. The highest BCUT2D eigenvalue weighted by Crippen LogP contribution is 2.43. The van der Waals surface area contributed by atoms with Crippen molar-refractivity contribution in [1.29, 1.82) is 0 Å². The molecule has 9 nitrogen and oxygen atoms in total. The summed E-state index contributed by atoms with van der Waals surface area (Å²) in [7, 11) is -4.28. The number of sulfonamides is 1. The maximum atomic E-state index is 11.4. The summed E-state index contributed by atoms with van der Waals surface area (Å²) in [5.74, 6) is -3.10. The molecular formula is C9H16N2O7S3. The summed E-state index contributed by atoms with van der Waals surface area (Å²) in [6.45, 7) is 2.61. The second-order valence-electron chi connectivity index (χ2n) is 4.36. The molecule has 1 rings (SSSR count). The van der Waals surface area contributed by atoms with Crippen LogP contribution in [0, 0.1) is 0 Å². The van der Waals surface area contributed by atoms with Crippen molar-refractivity contribution in [2.75, 3.05) is 0 Å². The molecule has 0 saturated heterocycles. The van der Waals surface area contributed by atoms with Gasteiger partial charge in [-0.25, -0.2) is 17.8 Å². The molecule has 21 heavy (non-hydrogen) atoms. The van der Waals surface area contributed by atoms with Gasteiger partial charge >= 0.3 is 0 Å². The average molecular weight is 360 g/mol. The van der Waals surface area contributed by atoms with E-state index in [1.54, 1.807) is 6.92 Å². The van der Waals surface area contributed by atoms with Crippen LogP contribution in [0.2, 0.25) is 0 Å². The molecule has 0 bridgehead atoms. The summed E-state index contributed by atoms with van der Waals surface area (Å²) in [5.41, 5.74) is -0.207. The monoisotopic (exact) mass is 360 g/mol. The van der Waals surface area contributed by atoms with Crippen LogP contribution in [-0.4, -0.2) is 38.4 Å². The lowest BCUT2D eigenvalue weighted by Crippen LogP contribution is -2.44. The molecule has 0 spiro atoms. The van der Waals surface area contributed by atoms with Crippen LogP contribution in [0.3, 0.4) is 0 Å². The number of rotatable bonds is 6. The first-order valence-electron chi connectivity index (χ1n) is 5.60. The second kappa shape index (κ2) is 6.26. The Morgan fingerprint density at radius 3 is 2.33 bits per heavy atom. The summed E-state index contributed by atoms with van der Waals surface area (Å²) in [5, 5.41) is 35.9. The van der Waals surface area contributed by atoms with Crippen molar-refractivity contribution in [3.8, 4) is 5.75 Å². The molecule has 0 aliphatic rings. The summed E-state index contributed by atoms with van der Waals surface area (Å²) in [6.07, 6.45) is 0.176. The zero-order valence-corrected chi connectivity index (χ0v) is 13.5. The third-order valence-corrected chi connectivity index (χ3v) is 6.13. The highest BCUT2D eigenvalue weighted by atomic mass is 32.3. The summed E-state index contributed by atoms with van der Waals surface area (Å²) in [4.78, 5) is 0. The van der Waals surface area contributed by atoms with Crippen LogP contribution in [0.4, 0.5) is 0 Å². The molecule has 2 unspecified atom stereocenters. The molecular weight excluding hydrogens is 344 g/mol. The van der Waals surface area contributed by atoms with Crippen LogP contribution < -0.4 is 10.5 Å². The minimum atomic E-state index is -4.28. The van der Waals surface area contributed by atoms with E-state index in [1.807, 2.05) is 0 Å². The van der Waals surface area contributed by atoms with Gasteiger partial charge in [-0.2, -0.15) is 0 Å². The fourth-order valence-electron chi connectivity index (χ4n) is 1.73. The van der Waals surface area contributed by atoms with Gasteiger partial charge in [-0.15, -0.1) is 11.3 Å². The van der Waals surface area contributed by atoms with E-state index in [0.717, 1.165) is 6.92 Å². The van der Waals surface area contributed by atoms with Crippen molar-refractivity contribution >= 4 is 32.4 Å². The summed E-state index contributed by atoms with van der Waals surface area (Å²) < 4.78 is 42.3. The predicted molar refractivity (Wildman–Crippen MR) is 75.4 cm³/mol. The SMILES string of the molecule is CCC(NC(C)(O)O)c1c(S(=O)O)sc(S(N)(=O)=O)c1O. The lowest BCUT2D eigenvalue weighted by molar-refractivity contribution is -0.176. The van der Waals surface area contributed by atoms with Crippen LogP contribution in [0.5, 0.6) is 5.75 Å². The maximum Gasteiger partial charge on any atom is 0.251 e. The highest BCUT2D eigenvalue weighted by Gasteiger charge is 2.33. The molecule has 7 N–H and O–H groups in total. The normalized spacial score (nSPS) is 15.9. The topological polar surface area (TPSA) is 170 Å². The van der Waals surface area contributed by atoms with Gasteiger partial charge in [0.15, 0.2) is 21.0 Å². The minimum absolute atomic E-state index is 0.176. The minimum Gasteiger partial charge on any atom is -0.505 e. The fourth-order valence-corrected chi connectivity index (χ4v) is 4.67. The third kappa shape index (κ3) is 4.43. The lowest BCUT2D eigenvalue weighted by atomic mass is 10.1. The number of aromatic hydroxyl groups is 1. The number of hydrogen-bond acceptors (Lipinski definition) is 8. The molecule has 1 aromatic heterocycles. The Hall–Kier alpha value is -0.600. The van der Waals surface area contributed by atoms with Gasteiger partial charge in [0.1, 0.15) is 4.21 Å². The highest BCUT2D eigenvalue weighted by molar-refractivity contribution is 7.92. The van der Waals surface area contributed by atoms with E-state index in [4.69, 9.17) is 5.14 Å². The Kier molecular flexibility index (Phi) is 5.50. The smallest absolute Gasteiger partial charge is 0.251 e. The quantitative estimate of drug-likeness (QED) is 0.288. The zero-order valence-electron chi connectivity index (χ0n) is 11.1. The number of thiophene rings is 1. The molecule has 0 aliphatic carbocycles. The van der Waals surface area contributed by atoms with Crippen molar-refractivity contribution < 1.29 is 32.5 Å². The molecule has 1 heterocycles. The first-order chi connectivity index (χ1) is 9.38. The van der Waals surface area contributed by atoms with E-state index in [1.165, 1.54) is 0 Å². The number of nitrogens with two attached hydrogens (primary N) is 1. The van der Waals surface area contributed by atoms with E-state index in [-0.39, 0.29) is 16.2 Å². The molecule has 0 fully saturated rings. The van der Waals surface area contributed by atoms with E-state index < -0.39 is 43.0 Å². The molecule has 0 aliphatic heterocycles. The van der Waals surface area contributed by atoms with Gasteiger partial charge in [-0.3, -0.25) is 5.32 Å². The van der Waals surface area contributed by atoms with Crippen LogP contribution in [0.1, 0.15) is 31.9 Å². The average Bonchev–Trinajstić information content (AvgIpc) is 2.62. The number of primary sulfonamides is 1. The van der Waals surface area contributed by atoms with E-state index in [0.29, 0.717) is 11.3 Å². The van der Waals surface area contributed by atoms with Crippen LogP contribution in [-0.2, 0) is 21.1 Å². The molecule has 122 valence electrons. The van der Waals surface area contributed by atoms with Gasteiger partial charge in [-0.1, -0.05) is 6.92 Å². The number of aliphatic hydroxyl groups is 2. The van der Waals surface area contributed by atoms with Gasteiger partial charge in [0.05, 0.1) is 0 Å². The standard InChI is InChI=1S/C9H16N2O7S3/c1-3-4(11-9(2,13)14)5-6(12)8(21(10,17)18)19-7(5)20(15)16/h4,11-14H,3H2,1-2H3,(H,15,16)(H2,10,17,18). The molecule has 0 saturated carbocycles. The molecule has 12 heteroatoms. The molecule has 1 aromatic rings. The van der Waals surface area contributed by atoms with Gasteiger partial charge < -0.3 is 19.9 Å². The largest absolute Gasteiger partial charge is 0.505 e. The number of nitrogens with one attached hydrogen (secondary N) is 1. The van der Waals surface area contributed by atoms with E-state index in [2.05, 4.69) is 5.32 Å². The lowest BCUT2D eigenvalue weighted by Gasteiger charge is -2.25. The van der Waals surface area contributed by atoms with Crippen LogP contribution in [0.25, 0.3) is 0 Å². The fraction of sp³-hybridized carbons (Fsp3) is 0.556. The van der Waals surface area contributed by atoms with E-state index in [9.17, 15) is 32.5 Å². The number of hydrogen-bond donors (Lipinski definition) is 6. The van der Waals surface area contributed by atoms with Gasteiger partial charge in [-0.05, 0) is 6.42 Å². The van der Waals surface area contributed by atoms with Crippen molar-refractivity contribution in [1.82, 2.24) is 5.32 Å². The second-order valence-corrected chi connectivity index (χ2v) is 8.30. The third-order valence-electron chi connectivity index (χ3n) is 2.48. The van der Waals surface area contributed by atoms with Gasteiger partial charge in [0, 0.05) is 18.5 Å². The Labute approximate surface area is 127 Å². The Balaban J connectivity index is 3.52. The Morgan fingerprint density at radius 1 is 1.48 bits per heavy atom. The van der Waals surface area contributed by atoms with E-state index >= 15 is 0 Å². The predicted octanol–water partition coefficient (Wildman–Crippen LogP) is -0.619. The van der Waals surface area contributed by atoms with Gasteiger partial charge in [0.25, 0.3) is 10.0 Å². The Morgan fingerprint density at radius 2 is 2.00 bits per heavy atom. The van der Waals surface area contributed by atoms with Crippen LogP contribution >= 0.6 is 11.3 Å². The molecule has 0 radical (unpaired) electrons. The van der Waals surface area contributed by atoms with Crippen molar-refractivity contribution in [2.24, 2.45) is 5.14 Å². The Bertz CT molecular complexity index is 647. The first kappa shape index (κ1) is 18.4. The van der Waals surface area contributed by atoms with Crippen molar-refractivity contribution in [3.63, 3.8) is 0 Å².